The van der Waals surface area contributed by atoms with Gasteiger partial charge in [0.05, 0.1) is 18.4 Å². The van der Waals surface area contributed by atoms with Crippen molar-refractivity contribution in [3.8, 4) is 5.75 Å². The van der Waals surface area contributed by atoms with Crippen LogP contribution in [0.25, 0.3) is 5.76 Å². The summed E-state index contributed by atoms with van der Waals surface area (Å²) < 4.78 is 5.38. The molecule has 0 radical (unpaired) electrons. The van der Waals surface area contributed by atoms with Crippen molar-refractivity contribution in [3.05, 3.63) is 65.7 Å². The molecule has 0 aliphatic heterocycles. The van der Waals surface area contributed by atoms with Crippen LogP contribution in [0, 0.1) is 5.41 Å². The third-order valence-electron chi connectivity index (χ3n) is 4.48. The number of allylic oxidation sites excluding steroid dienone is 1. The highest BCUT2D eigenvalue weighted by Gasteiger charge is 2.36. The average Bonchev–Trinajstić information content (AvgIpc) is 2.61. The highest BCUT2D eigenvalue weighted by molar-refractivity contribution is 6.28. The van der Waals surface area contributed by atoms with E-state index in [4.69, 9.17) is 9.73 Å². The third-order valence-corrected chi connectivity index (χ3v) is 4.48. The standard InChI is InChI=1S/C22H23NO3/c1-22(2)13-17(23-16-11-7-8-12-19(16)26-3)20(18(24)14-22)21(25)15-9-5-4-6-10-15/h4-12,25H,13-14H2,1-3H3. The van der Waals surface area contributed by atoms with E-state index >= 15 is 0 Å². The number of carbonyl (C=O) groups excluding carboxylic acids is 1. The largest absolute Gasteiger partial charge is 0.506 e. The molecule has 0 spiro atoms. The molecule has 0 unspecified atom stereocenters. The molecule has 0 atom stereocenters. The lowest BCUT2D eigenvalue weighted by Crippen LogP contribution is -2.32. The minimum atomic E-state index is -0.210. The summed E-state index contributed by atoms with van der Waals surface area (Å²) in [4.78, 5) is 17.6. The molecule has 134 valence electrons. The van der Waals surface area contributed by atoms with Gasteiger partial charge >= 0.3 is 0 Å². The number of carbonyl (C=O) groups is 1. The molecule has 1 saturated carbocycles. The first-order valence-corrected chi connectivity index (χ1v) is 8.64. The van der Waals surface area contributed by atoms with E-state index in [0.29, 0.717) is 41.1 Å². The molecule has 2 aromatic carbocycles. The summed E-state index contributed by atoms with van der Waals surface area (Å²) in [6.07, 6.45) is 0.979. The second-order valence-electron chi connectivity index (χ2n) is 7.26. The lowest BCUT2D eigenvalue weighted by atomic mass is 9.73. The average molecular weight is 349 g/mol. The van der Waals surface area contributed by atoms with Gasteiger partial charge in [0.15, 0.2) is 5.78 Å². The number of aliphatic imine (C=N–C) groups is 1. The molecule has 0 saturated heterocycles. The van der Waals surface area contributed by atoms with Gasteiger partial charge in [-0.3, -0.25) is 4.79 Å². The van der Waals surface area contributed by atoms with E-state index in [1.165, 1.54) is 0 Å². The predicted molar refractivity (Wildman–Crippen MR) is 104 cm³/mol. The van der Waals surface area contributed by atoms with Gasteiger partial charge < -0.3 is 9.84 Å². The molecule has 2 aromatic rings. The lowest BCUT2D eigenvalue weighted by Gasteiger charge is -2.31. The van der Waals surface area contributed by atoms with Crippen LogP contribution in [0.5, 0.6) is 5.75 Å². The van der Waals surface area contributed by atoms with Gasteiger partial charge in [0.1, 0.15) is 17.2 Å². The highest BCUT2D eigenvalue weighted by Crippen LogP contribution is 2.38. The van der Waals surface area contributed by atoms with Crippen LogP contribution in [0.1, 0.15) is 32.3 Å². The minimum absolute atomic E-state index is 0.0141. The molecule has 4 nitrogen and oxygen atoms in total. The Bertz CT molecular complexity index is 879. The van der Waals surface area contributed by atoms with Crippen LogP contribution < -0.4 is 4.74 Å². The summed E-state index contributed by atoms with van der Waals surface area (Å²) in [6.45, 7) is 4.08. The molecule has 0 heterocycles. The van der Waals surface area contributed by atoms with E-state index in [2.05, 4.69) is 0 Å². The summed E-state index contributed by atoms with van der Waals surface area (Å²) in [5.74, 6) is 0.533. The number of nitrogens with zero attached hydrogens (tertiary/aromatic N) is 1. The maximum absolute atomic E-state index is 12.8. The van der Waals surface area contributed by atoms with E-state index in [0.717, 1.165) is 0 Å². The molecule has 0 amide bonds. The first-order valence-electron chi connectivity index (χ1n) is 8.64. The molecule has 1 N–H and O–H groups in total. The second-order valence-corrected chi connectivity index (χ2v) is 7.26. The summed E-state index contributed by atoms with van der Waals surface area (Å²) in [5, 5.41) is 10.8. The number of aliphatic hydroxyl groups is 1. The molecule has 26 heavy (non-hydrogen) atoms. The Morgan fingerprint density at radius 1 is 1.04 bits per heavy atom. The van der Waals surface area contributed by atoms with Crippen LogP contribution >= 0.6 is 0 Å². The van der Waals surface area contributed by atoms with Gasteiger partial charge in [-0.25, -0.2) is 4.99 Å². The number of benzene rings is 2. The van der Waals surface area contributed by atoms with Gasteiger partial charge in [-0.05, 0) is 24.0 Å². The Balaban J connectivity index is 2.17. The Kier molecular flexibility index (Phi) is 4.94. The smallest absolute Gasteiger partial charge is 0.169 e. The van der Waals surface area contributed by atoms with Crippen molar-refractivity contribution in [2.45, 2.75) is 26.7 Å². The molecule has 0 aromatic heterocycles. The van der Waals surface area contributed by atoms with Crippen molar-refractivity contribution in [2.24, 2.45) is 10.4 Å². The van der Waals surface area contributed by atoms with Gasteiger partial charge in [-0.1, -0.05) is 56.3 Å². The number of ketones is 1. The third kappa shape index (κ3) is 3.69. The number of Topliss-reactive ketones (excluding diaryl/α,β-unsaturated/α-hetero) is 1. The zero-order valence-corrected chi connectivity index (χ0v) is 15.3. The molecular formula is C22H23NO3. The number of methoxy groups -OCH3 is 1. The highest BCUT2D eigenvalue weighted by atomic mass is 16.5. The van der Waals surface area contributed by atoms with Crippen LogP contribution in [0.15, 0.2) is 65.2 Å². The van der Waals surface area contributed by atoms with E-state index < -0.39 is 0 Å². The quantitative estimate of drug-likeness (QED) is 0.617. The summed E-state index contributed by atoms with van der Waals surface area (Å²) in [5.41, 5.74) is 1.95. The van der Waals surface area contributed by atoms with Gasteiger partial charge in [-0.15, -0.1) is 0 Å². The monoisotopic (exact) mass is 349 g/mol. The Morgan fingerprint density at radius 3 is 2.38 bits per heavy atom. The zero-order valence-electron chi connectivity index (χ0n) is 15.3. The SMILES string of the molecule is COc1ccccc1N=C1CC(C)(C)CC(=O)C1=C(O)c1ccccc1. The van der Waals surface area contributed by atoms with Crippen molar-refractivity contribution in [1.82, 2.24) is 0 Å². The van der Waals surface area contributed by atoms with Gasteiger partial charge in [-0.2, -0.15) is 0 Å². The maximum atomic E-state index is 12.8. The van der Waals surface area contributed by atoms with Crippen LogP contribution in [0.2, 0.25) is 0 Å². The Morgan fingerprint density at radius 2 is 1.69 bits per heavy atom. The lowest BCUT2D eigenvalue weighted by molar-refractivity contribution is -0.117. The first-order chi connectivity index (χ1) is 12.4. The normalized spacial score (nSPS) is 20.1. The van der Waals surface area contributed by atoms with Gasteiger partial charge in [0.25, 0.3) is 0 Å². The molecule has 0 bridgehead atoms. The molecular weight excluding hydrogens is 326 g/mol. The second kappa shape index (κ2) is 7.16. The summed E-state index contributed by atoms with van der Waals surface area (Å²) >= 11 is 0. The molecule has 3 rings (SSSR count). The summed E-state index contributed by atoms with van der Waals surface area (Å²) in [7, 11) is 1.59. The fourth-order valence-electron chi connectivity index (χ4n) is 3.26. The van der Waals surface area contributed by atoms with Crippen LogP contribution in [0.3, 0.4) is 0 Å². The van der Waals surface area contributed by atoms with Gasteiger partial charge in [0.2, 0.25) is 0 Å². The van der Waals surface area contributed by atoms with Crippen molar-refractivity contribution in [3.63, 3.8) is 0 Å². The minimum Gasteiger partial charge on any atom is -0.506 e. The van der Waals surface area contributed by atoms with Crippen LogP contribution in [-0.2, 0) is 4.79 Å². The van der Waals surface area contributed by atoms with E-state index in [-0.39, 0.29) is 17.0 Å². The summed E-state index contributed by atoms with van der Waals surface area (Å²) in [6, 6.07) is 16.5. The van der Waals surface area contributed by atoms with E-state index in [9.17, 15) is 9.90 Å². The first kappa shape index (κ1) is 17.9. The number of ether oxygens (including phenoxy) is 1. The Labute approximate surface area is 153 Å². The fraction of sp³-hybridized carbons (Fsp3) is 0.273. The van der Waals surface area contributed by atoms with Crippen LogP contribution in [-0.4, -0.2) is 23.7 Å². The van der Waals surface area contributed by atoms with E-state index in [1.54, 1.807) is 19.2 Å². The molecule has 4 heteroatoms. The fourth-order valence-corrected chi connectivity index (χ4v) is 3.26. The number of hydrogen-bond acceptors (Lipinski definition) is 4. The zero-order chi connectivity index (χ0) is 18.7. The van der Waals surface area contributed by atoms with Crippen LogP contribution in [0.4, 0.5) is 5.69 Å². The number of hydrogen-bond donors (Lipinski definition) is 1. The molecule has 1 aliphatic carbocycles. The molecule has 1 aliphatic rings. The van der Waals surface area contributed by atoms with Crippen molar-refractivity contribution in [1.29, 1.82) is 0 Å². The van der Waals surface area contributed by atoms with Crippen molar-refractivity contribution < 1.29 is 14.6 Å². The number of aliphatic hydroxyl groups excluding tert-OH is 1. The number of para-hydroxylation sites is 2. The van der Waals surface area contributed by atoms with E-state index in [1.807, 2.05) is 56.3 Å². The van der Waals surface area contributed by atoms with Crippen molar-refractivity contribution in [2.75, 3.05) is 7.11 Å². The molecule has 1 fully saturated rings. The predicted octanol–water partition coefficient (Wildman–Crippen LogP) is 5.13. The maximum Gasteiger partial charge on any atom is 0.169 e. The number of rotatable bonds is 3. The Hall–Kier alpha value is -2.88. The van der Waals surface area contributed by atoms with Crippen molar-refractivity contribution >= 4 is 22.9 Å². The topological polar surface area (TPSA) is 58.9 Å². The van der Waals surface area contributed by atoms with Gasteiger partial charge in [0, 0.05) is 12.0 Å².